The Bertz CT molecular complexity index is 1370. The van der Waals surface area contributed by atoms with E-state index in [1.807, 2.05) is 40.1 Å². The first kappa shape index (κ1) is 30.4. The molecule has 2 saturated heterocycles. The van der Waals surface area contributed by atoms with Crippen LogP contribution in [0.15, 0.2) is 66.7 Å². The topological polar surface area (TPSA) is 100 Å². The molecular weight excluding hydrogens is 542 g/mol. The Kier molecular flexibility index (Phi) is 10.5. The SMILES string of the molecule is COc1ccc(CC(=O)Nc2cc(-c3cccc(CN(CCCN)C(=O)N4CCOCC4)c3)ccc2N2CCCC2)cc1. The summed E-state index contributed by atoms with van der Waals surface area (Å²) in [4.78, 5) is 32.6. The van der Waals surface area contributed by atoms with Crippen molar-refractivity contribution in [3.8, 4) is 16.9 Å². The van der Waals surface area contributed by atoms with Crippen molar-refractivity contribution in [1.29, 1.82) is 0 Å². The Morgan fingerprint density at radius 2 is 1.67 bits per heavy atom. The second-order valence-electron chi connectivity index (χ2n) is 11.1. The fraction of sp³-hybridized carbons (Fsp3) is 0.412. The van der Waals surface area contributed by atoms with E-state index in [0.29, 0.717) is 45.9 Å². The van der Waals surface area contributed by atoms with Gasteiger partial charge in [0.05, 0.1) is 38.1 Å². The van der Waals surface area contributed by atoms with E-state index in [4.69, 9.17) is 15.2 Å². The number of benzene rings is 3. The van der Waals surface area contributed by atoms with Gasteiger partial charge >= 0.3 is 6.03 Å². The molecule has 0 radical (unpaired) electrons. The van der Waals surface area contributed by atoms with Gasteiger partial charge in [0.15, 0.2) is 0 Å². The Morgan fingerprint density at radius 1 is 0.930 bits per heavy atom. The zero-order valence-corrected chi connectivity index (χ0v) is 25.1. The molecule has 0 aromatic heterocycles. The number of amides is 3. The fourth-order valence-corrected chi connectivity index (χ4v) is 5.72. The molecule has 0 spiro atoms. The van der Waals surface area contributed by atoms with Crippen molar-refractivity contribution in [2.24, 2.45) is 5.73 Å². The lowest BCUT2D eigenvalue weighted by atomic mass is 10.0. The number of nitrogens with two attached hydrogens (primary N) is 1. The maximum absolute atomic E-state index is 13.3. The van der Waals surface area contributed by atoms with Gasteiger partial charge in [0.2, 0.25) is 5.91 Å². The third kappa shape index (κ3) is 8.06. The maximum Gasteiger partial charge on any atom is 0.320 e. The van der Waals surface area contributed by atoms with Gasteiger partial charge in [-0.2, -0.15) is 0 Å². The molecule has 2 aliphatic rings. The molecule has 0 bridgehead atoms. The third-order valence-corrected chi connectivity index (χ3v) is 8.06. The van der Waals surface area contributed by atoms with Gasteiger partial charge in [0, 0.05) is 39.3 Å². The fourth-order valence-electron chi connectivity index (χ4n) is 5.72. The van der Waals surface area contributed by atoms with Crippen molar-refractivity contribution in [2.45, 2.75) is 32.2 Å². The number of anilines is 2. The van der Waals surface area contributed by atoms with E-state index in [1.165, 1.54) is 0 Å². The molecule has 0 saturated carbocycles. The predicted molar refractivity (Wildman–Crippen MR) is 171 cm³/mol. The third-order valence-electron chi connectivity index (χ3n) is 8.06. The van der Waals surface area contributed by atoms with Crippen molar-refractivity contribution in [2.75, 3.05) is 69.8 Å². The Hall–Kier alpha value is -4.08. The number of methoxy groups -OCH3 is 1. The van der Waals surface area contributed by atoms with Crippen LogP contribution in [0.2, 0.25) is 0 Å². The number of urea groups is 1. The van der Waals surface area contributed by atoms with Crippen LogP contribution in [-0.4, -0.2) is 81.3 Å². The minimum Gasteiger partial charge on any atom is -0.497 e. The quantitative estimate of drug-likeness (QED) is 0.337. The number of carbonyl (C=O) groups is 2. The Morgan fingerprint density at radius 3 is 2.40 bits per heavy atom. The highest BCUT2D eigenvalue weighted by Gasteiger charge is 2.23. The summed E-state index contributed by atoms with van der Waals surface area (Å²) in [6, 6.07) is 22.2. The normalized spacial score (nSPS) is 14.9. The number of morpholine rings is 1. The predicted octanol–water partition coefficient (Wildman–Crippen LogP) is 4.75. The molecule has 0 unspecified atom stereocenters. The summed E-state index contributed by atoms with van der Waals surface area (Å²) in [6.45, 7) is 5.94. The van der Waals surface area contributed by atoms with Crippen LogP contribution in [0.4, 0.5) is 16.2 Å². The molecular formula is C34H43N5O4. The highest BCUT2D eigenvalue weighted by atomic mass is 16.5. The molecule has 2 heterocycles. The van der Waals surface area contributed by atoms with Gasteiger partial charge < -0.3 is 35.2 Å². The van der Waals surface area contributed by atoms with E-state index in [0.717, 1.165) is 71.7 Å². The van der Waals surface area contributed by atoms with E-state index in [1.54, 1.807) is 7.11 Å². The van der Waals surface area contributed by atoms with E-state index in [2.05, 4.69) is 46.6 Å². The summed E-state index contributed by atoms with van der Waals surface area (Å²) in [5.74, 6) is 0.706. The van der Waals surface area contributed by atoms with Gasteiger partial charge in [-0.05, 0) is 78.4 Å². The van der Waals surface area contributed by atoms with E-state index >= 15 is 0 Å². The molecule has 3 N–H and O–H groups in total. The summed E-state index contributed by atoms with van der Waals surface area (Å²) in [6.07, 6.45) is 3.31. The number of nitrogens with zero attached hydrogens (tertiary/aromatic N) is 3. The van der Waals surface area contributed by atoms with Crippen molar-refractivity contribution >= 4 is 23.3 Å². The zero-order chi connectivity index (χ0) is 30.0. The molecule has 9 nitrogen and oxygen atoms in total. The van der Waals surface area contributed by atoms with Crippen molar-refractivity contribution in [3.05, 3.63) is 77.9 Å². The molecule has 0 atom stereocenters. The number of carbonyl (C=O) groups excluding carboxylic acids is 2. The summed E-state index contributed by atoms with van der Waals surface area (Å²) in [7, 11) is 1.63. The highest BCUT2D eigenvalue weighted by molar-refractivity contribution is 5.96. The molecule has 2 aliphatic heterocycles. The smallest absolute Gasteiger partial charge is 0.320 e. The van der Waals surface area contributed by atoms with E-state index < -0.39 is 0 Å². The second-order valence-corrected chi connectivity index (χ2v) is 11.1. The van der Waals surface area contributed by atoms with Crippen LogP contribution in [0.5, 0.6) is 5.75 Å². The zero-order valence-electron chi connectivity index (χ0n) is 25.1. The van der Waals surface area contributed by atoms with Crippen molar-refractivity contribution in [3.63, 3.8) is 0 Å². The average Bonchev–Trinajstić information content (AvgIpc) is 3.58. The monoisotopic (exact) mass is 585 g/mol. The largest absolute Gasteiger partial charge is 0.497 e. The number of ether oxygens (including phenoxy) is 2. The molecule has 228 valence electrons. The molecule has 5 rings (SSSR count). The summed E-state index contributed by atoms with van der Waals surface area (Å²) >= 11 is 0. The summed E-state index contributed by atoms with van der Waals surface area (Å²) in [5, 5.41) is 3.20. The van der Waals surface area contributed by atoms with Gasteiger partial charge in [-0.15, -0.1) is 0 Å². The molecule has 9 heteroatoms. The second kappa shape index (κ2) is 14.9. The molecule has 3 aromatic carbocycles. The van der Waals surface area contributed by atoms with E-state index in [9.17, 15) is 9.59 Å². The van der Waals surface area contributed by atoms with E-state index in [-0.39, 0.29) is 18.4 Å². The van der Waals surface area contributed by atoms with Gasteiger partial charge in [-0.25, -0.2) is 4.79 Å². The van der Waals surface area contributed by atoms with Gasteiger partial charge in [0.1, 0.15) is 5.75 Å². The Labute approximate surface area is 254 Å². The van der Waals surface area contributed by atoms with Crippen LogP contribution >= 0.6 is 0 Å². The molecule has 0 aliphatic carbocycles. The van der Waals surface area contributed by atoms with Gasteiger partial charge in [0.25, 0.3) is 0 Å². The van der Waals surface area contributed by atoms with Crippen LogP contribution in [0, 0.1) is 0 Å². The first-order valence-corrected chi connectivity index (χ1v) is 15.3. The number of hydrogen-bond acceptors (Lipinski definition) is 6. The van der Waals surface area contributed by atoms with Crippen LogP contribution < -0.4 is 20.7 Å². The van der Waals surface area contributed by atoms with Crippen molar-refractivity contribution < 1.29 is 19.1 Å². The lowest BCUT2D eigenvalue weighted by Crippen LogP contribution is -2.48. The standard InChI is InChI=1S/C34H43N5O4/c1-42-30-11-8-26(9-12-30)23-33(40)36-31-24-29(10-13-32(31)37-15-2-3-16-37)28-7-4-6-27(22-28)25-39(17-5-14-35)34(41)38-18-20-43-21-19-38/h4,6-13,22,24H,2-3,5,14-21,23,25,35H2,1H3,(H,36,40). The van der Waals surface area contributed by atoms with Crippen molar-refractivity contribution in [1.82, 2.24) is 9.80 Å². The first-order valence-electron chi connectivity index (χ1n) is 15.3. The molecule has 3 aromatic rings. The maximum atomic E-state index is 13.3. The molecule has 3 amide bonds. The van der Waals surface area contributed by atoms with Crippen LogP contribution in [-0.2, 0) is 22.5 Å². The average molecular weight is 586 g/mol. The minimum atomic E-state index is -0.0614. The van der Waals surface area contributed by atoms with Gasteiger partial charge in [-0.1, -0.05) is 36.4 Å². The number of nitrogens with one attached hydrogen (secondary N) is 1. The van der Waals surface area contributed by atoms with Crippen LogP contribution in [0.3, 0.4) is 0 Å². The lowest BCUT2D eigenvalue weighted by molar-refractivity contribution is -0.115. The number of rotatable bonds is 11. The van der Waals surface area contributed by atoms with Crippen LogP contribution in [0.25, 0.3) is 11.1 Å². The Balaban J connectivity index is 1.36. The minimum absolute atomic E-state index is 0.0268. The molecule has 2 fully saturated rings. The highest BCUT2D eigenvalue weighted by Crippen LogP contribution is 2.34. The summed E-state index contributed by atoms with van der Waals surface area (Å²) < 4.78 is 10.7. The van der Waals surface area contributed by atoms with Crippen LogP contribution in [0.1, 0.15) is 30.4 Å². The molecule has 43 heavy (non-hydrogen) atoms. The lowest BCUT2D eigenvalue weighted by Gasteiger charge is -2.33. The van der Waals surface area contributed by atoms with Gasteiger partial charge in [-0.3, -0.25) is 4.79 Å². The number of hydrogen-bond donors (Lipinski definition) is 2. The first-order chi connectivity index (χ1) is 21.0. The summed E-state index contributed by atoms with van der Waals surface area (Å²) in [5.41, 5.74) is 11.7.